The number of nitrogens with zero attached hydrogens (tertiary/aromatic N) is 1. The summed E-state index contributed by atoms with van der Waals surface area (Å²) in [6.07, 6.45) is 3.89. The largest absolute Gasteiger partial charge is 0.342 e. The van der Waals surface area contributed by atoms with Crippen molar-refractivity contribution < 1.29 is 22.8 Å². The van der Waals surface area contributed by atoms with Crippen LogP contribution in [-0.4, -0.2) is 62.8 Å². The molecule has 9 nitrogen and oxygen atoms in total. The fourth-order valence-corrected chi connectivity index (χ4v) is 6.93. The number of likely N-dealkylation sites (tertiary alicyclic amines) is 1. The topological polar surface area (TPSA) is 125 Å². The maximum Gasteiger partial charge on any atom is 0.264 e. The van der Waals surface area contributed by atoms with Gasteiger partial charge in [-0.25, -0.2) is 13.1 Å². The van der Waals surface area contributed by atoms with Gasteiger partial charge in [-0.1, -0.05) is 83.2 Å². The van der Waals surface area contributed by atoms with Gasteiger partial charge in [0.05, 0.1) is 17.0 Å². The molecule has 3 atom stereocenters. The number of carbonyl (C=O) groups excluding carboxylic acids is 3. The van der Waals surface area contributed by atoms with Crippen LogP contribution in [0.15, 0.2) is 71.1 Å². The minimum atomic E-state index is -4.09. The SMILES string of the molecule is CNC(C(=O)N[C@H](C(=O)N1CCCC[C@H]1C=C(C)C(=O)NS(=O)(=O)c1ccc(CS)cc1)C(C)(C)C)C(C)(C)c1ccccc1. The highest BCUT2D eigenvalue weighted by molar-refractivity contribution is 7.90. The molecule has 0 saturated carbocycles. The molecule has 3 N–H and O–H groups in total. The molecule has 1 aliphatic heterocycles. The van der Waals surface area contributed by atoms with Crippen LogP contribution in [0.4, 0.5) is 0 Å². The van der Waals surface area contributed by atoms with Crippen LogP contribution in [0, 0.1) is 5.41 Å². The van der Waals surface area contributed by atoms with Crippen LogP contribution in [0.5, 0.6) is 0 Å². The zero-order chi connectivity index (χ0) is 33.6. The summed E-state index contributed by atoms with van der Waals surface area (Å²) in [6, 6.07) is 14.0. The first-order valence-corrected chi connectivity index (χ1v) is 17.4. The van der Waals surface area contributed by atoms with Crippen molar-refractivity contribution in [1.29, 1.82) is 0 Å². The van der Waals surface area contributed by atoms with Gasteiger partial charge in [-0.15, -0.1) is 0 Å². The van der Waals surface area contributed by atoms with Crippen LogP contribution in [0.1, 0.15) is 71.9 Å². The van der Waals surface area contributed by atoms with Gasteiger partial charge >= 0.3 is 0 Å². The lowest BCUT2D eigenvalue weighted by Crippen LogP contribution is -2.62. The summed E-state index contributed by atoms with van der Waals surface area (Å²) >= 11 is 4.19. The smallest absolute Gasteiger partial charge is 0.264 e. The first-order chi connectivity index (χ1) is 21.0. The van der Waals surface area contributed by atoms with Crippen molar-refractivity contribution in [2.24, 2.45) is 5.41 Å². The van der Waals surface area contributed by atoms with E-state index in [1.54, 1.807) is 30.2 Å². The van der Waals surface area contributed by atoms with Gasteiger partial charge < -0.3 is 15.5 Å². The number of hydrogen-bond donors (Lipinski definition) is 4. The average Bonchev–Trinajstić information content (AvgIpc) is 2.99. The zero-order valence-electron chi connectivity index (χ0n) is 27.4. The second-order valence-corrected chi connectivity index (χ2v) is 15.3. The summed E-state index contributed by atoms with van der Waals surface area (Å²) in [5, 5.41) is 6.21. The second-order valence-electron chi connectivity index (χ2n) is 13.3. The number of likely N-dealkylation sites (N-methyl/N-ethyl adjacent to an activating group) is 1. The van der Waals surface area contributed by atoms with Crippen LogP contribution in [0.2, 0.25) is 0 Å². The van der Waals surface area contributed by atoms with Crippen molar-refractivity contribution in [3.05, 3.63) is 77.4 Å². The van der Waals surface area contributed by atoms with Crippen molar-refractivity contribution in [2.45, 2.75) is 95.0 Å². The van der Waals surface area contributed by atoms with E-state index in [0.29, 0.717) is 18.7 Å². The van der Waals surface area contributed by atoms with E-state index in [2.05, 4.69) is 28.0 Å². The number of amides is 3. The lowest BCUT2D eigenvalue weighted by Gasteiger charge is -2.41. The first kappa shape index (κ1) is 36.3. The van der Waals surface area contributed by atoms with E-state index < -0.39 is 44.9 Å². The molecule has 0 bridgehead atoms. The number of sulfonamides is 1. The van der Waals surface area contributed by atoms with Gasteiger partial charge in [0.25, 0.3) is 15.9 Å². The molecule has 1 unspecified atom stereocenters. The van der Waals surface area contributed by atoms with Gasteiger partial charge in [-0.05, 0) is 61.9 Å². The molecule has 0 aliphatic carbocycles. The Morgan fingerprint density at radius 3 is 2.16 bits per heavy atom. The van der Waals surface area contributed by atoms with E-state index >= 15 is 0 Å². The van der Waals surface area contributed by atoms with Crippen LogP contribution in [-0.2, 0) is 35.6 Å². The molecule has 11 heteroatoms. The molecule has 1 heterocycles. The number of piperidine rings is 1. The lowest BCUT2D eigenvalue weighted by atomic mass is 9.76. The molecule has 2 aromatic carbocycles. The minimum Gasteiger partial charge on any atom is -0.342 e. The number of nitrogens with one attached hydrogen (secondary N) is 3. The average molecular weight is 657 g/mol. The molecule has 2 aromatic rings. The molecule has 0 aromatic heterocycles. The fraction of sp³-hybridized carbons (Fsp3) is 0.500. The molecular weight excluding hydrogens is 609 g/mol. The predicted molar refractivity (Wildman–Crippen MR) is 181 cm³/mol. The third kappa shape index (κ3) is 8.98. The molecule has 0 spiro atoms. The standard InChI is InChI=1S/C34H48N4O5S2/c1-23(30(39)37-45(42,43)27-18-16-24(22-44)17-19-27)21-26-15-11-12-20-38(26)32(41)29(33(2,3)4)36-31(40)28(35-7)34(5,6)25-13-9-8-10-14-25/h8-10,13-14,16-19,21,26,28-29,35,44H,11-12,15,20,22H2,1-7H3,(H,36,40)(H,37,39)/t26-,28?,29+/m0/s1. The Labute approximate surface area is 274 Å². The maximum absolute atomic E-state index is 14.2. The fourth-order valence-electron chi connectivity index (χ4n) is 5.70. The van der Waals surface area contributed by atoms with Gasteiger partial charge in [0.15, 0.2) is 0 Å². The van der Waals surface area contributed by atoms with Gasteiger partial charge in [-0.3, -0.25) is 14.4 Å². The first-order valence-electron chi connectivity index (χ1n) is 15.3. The van der Waals surface area contributed by atoms with Gasteiger partial charge in [-0.2, -0.15) is 12.6 Å². The van der Waals surface area contributed by atoms with E-state index in [1.165, 1.54) is 19.1 Å². The molecule has 1 saturated heterocycles. The molecular formula is C34H48N4O5S2. The third-order valence-electron chi connectivity index (χ3n) is 8.47. The van der Waals surface area contributed by atoms with Crippen LogP contribution in [0.3, 0.4) is 0 Å². The van der Waals surface area contributed by atoms with Gasteiger partial charge in [0.1, 0.15) is 6.04 Å². The number of carbonyl (C=O) groups is 3. The summed E-state index contributed by atoms with van der Waals surface area (Å²) in [6.45, 7) is 11.7. The normalized spacial score (nSPS) is 17.7. The maximum atomic E-state index is 14.2. The number of benzene rings is 2. The molecule has 1 aliphatic rings. The molecule has 0 radical (unpaired) electrons. The number of hydrogen-bond acceptors (Lipinski definition) is 7. The third-order valence-corrected chi connectivity index (χ3v) is 10.2. The zero-order valence-corrected chi connectivity index (χ0v) is 29.1. The Morgan fingerprint density at radius 1 is 0.978 bits per heavy atom. The Bertz CT molecular complexity index is 1480. The van der Waals surface area contributed by atoms with E-state index in [4.69, 9.17) is 0 Å². The second kappa shape index (κ2) is 15.0. The number of rotatable bonds is 11. The molecule has 1 fully saturated rings. The van der Waals surface area contributed by atoms with E-state index in [9.17, 15) is 22.8 Å². The molecule has 45 heavy (non-hydrogen) atoms. The lowest BCUT2D eigenvalue weighted by molar-refractivity contribution is -0.142. The number of thiol groups is 1. The van der Waals surface area contributed by atoms with Gasteiger partial charge in [0.2, 0.25) is 11.8 Å². The quantitative estimate of drug-likeness (QED) is 0.211. The highest BCUT2D eigenvalue weighted by Crippen LogP contribution is 2.30. The summed E-state index contributed by atoms with van der Waals surface area (Å²) < 4.78 is 27.9. The Hall–Kier alpha value is -3.15. The summed E-state index contributed by atoms with van der Waals surface area (Å²) in [4.78, 5) is 42.7. The molecule has 3 amide bonds. The highest BCUT2D eigenvalue weighted by Gasteiger charge is 2.42. The monoisotopic (exact) mass is 656 g/mol. The summed E-state index contributed by atoms with van der Waals surface area (Å²) in [5.41, 5.74) is 0.849. The molecule has 246 valence electrons. The highest BCUT2D eigenvalue weighted by atomic mass is 32.2. The van der Waals surface area contributed by atoms with E-state index in [0.717, 1.165) is 24.0 Å². The van der Waals surface area contributed by atoms with Crippen molar-refractivity contribution in [3.63, 3.8) is 0 Å². The van der Waals surface area contributed by atoms with Crippen molar-refractivity contribution in [2.75, 3.05) is 13.6 Å². The van der Waals surface area contributed by atoms with Gasteiger partial charge in [0, 0.05) is 23.3 Å². The predicted octanol–water partition coefficient (Wildman–Crippen LogP) is 4.35. The Balaban J connectivity index is 1.82. The van der Waals surface area contributed by atoms with Crippen LogP contribution in [0.25, 0.3) is 0 Å². The van der Waals surface area contributed by atoms with E-state index in [-0.39, 0.29) is 22.3 Å². The minimum absolute atomic E-state index is 0.0253. The van der Waals surface area contributed by atoms with Crippen molar-refractivity contribution >= 4 is 40.4 Å². The van der Waals surface area contributed by atoms with E-state index in [1.807, 2.05) is 65.0 Å². The summed E-state index contributed by atoms with van der Waals surface area (Å²) in [5.74, 6) is -0.819. The summed E-state index contributed by atoms with van der Waals surface area (Å²) in [7, 11) is -2.35. The van der Waals surface area contributed by atoms with Crippen LogP contribution < -0.4 is 15.4 Å². The van der Waals surface area contributed by atoms with Crippen LogP contribution >= 0.6 is 12.6 Å². The van der Waals surface area contributed by atoms with Crippen molar-refractivity contribution in [3.8, 4) is 0 Å². The van der Waals surface area contributed by atoms with Crippen molar-refractivity contribution in [1.82, 2.24) is 20.3 Å². The Morgan fingerprint density at radius 2 is 1.60 bits per heavy atom. The molecule has 3 rings (SSSR count). The Kier molecular flexibility index (Phi) is 12.1.